The van der Waals surface area contributed by atoms with Crippen molar-refractivity contribution in [2.24, 2.45) is 0 Å². The van der Waals surface area contributed by atoms with E-state index >= 15 is 0 Å². The monoisotopic (exact) mass is 304 g/mol. The van der Waals surface area contributed by atoms with Gasteiger partial charge in [-0.05, 0) is 56.3 Å². The maximum Gasteiger partial charge on any atom is 0.0457 e. The van der Waals surface area contributed by atoms with Crippen LogP contribution in [-0.2, 0) is 6.42 Å². The van der Waals surface area contributed by atoms with Crippen molar-refractivity contribution in [1.82, 2.24) is 10.3 Å². The highest BCUT2D eigenvalue weighted by Crippen LogP contribution is 2.25. The van der Waals surface area contributed by atoms with E-state index in [2.05, 4.69) is 54.8 Å². The first-order chi connectivity index (χ1) is 10.2. The lowest BCUT2D eigenvalue weighted by molar-refractivity contribution is 0.519. The largest absolute Gasteiger partial charge is 0.361 e. The van der Waals surface area contributed by atoms with Gasteiger partial charge in [0.15, 0.2) is 0 Å². The van der Waals surface area contributed by atoms with Crippen molar-refractivity contribution in [3.63, 3.8) is 0 Å². The van der Waals surface area contributed by atoms with E-state index in [1.807, 2.05) is 0 Å². The van der Waals surface area contributed by atoms with Gasteiger partial charge in [-0.25, -0.2) is 0 Å². The molecule has 116 valence electrons. The standard InChI is InChI=1S/C18H28N2S/c1-4-5-6-7-10-19-14(2)11-15-13-20-18-9-8-16(21-3)12-17(15)18/h8-9,12-14,19-20H,4-7,10-11H2,1-3H3. The minimum atomic E-state index is 0.531. The number of unbranched alkanes of at least 4 members (excludes halogenated alkanes) is 3. The Morgan fingerprint density at radius 1 is 1.24 bits per heavy atom. The van der Waals surface area contributed by atoms with Crippen molar-refractivity contribution in [1.29, 1.82) is 0 Å². The SMILES string of the molecule is CCCCCCNC(C)Cc1c[nH]c2ccc(SC)cc12. The van der Waals surface area contributed by atoms with Crippen molar-refractivity contribution in [3.05, 3.63) is 30.0 Å². The van der Waals surface area contributed by atoms with Gasteiger partial charge in [0.05, 0.1) is 0 Å². The molecule has 0 amide bonds. The molecule has 1 unspecified atom stereocenters. The molecule has 1 aromatic heterocycles. The third kappa shape index (κ3) is 4.79. The highest BCUT2D eigenvalue weighted by atomic mass is 32.2. The molecule has 21 heavy (non-hydrogen) atoms. The van der Waals surface area contributed by atoms with Gasteiger partial charge in [0.2, 0.25) is 0 Å². The topological polar surface area (TPSA) is 27.8 Å². The van der Waals surface area contributed by atoms with Crippen LogP contribution in [0.2, 0.25) is 0 Å². The van der Waals surface area contributed by atoms with Crippen LogP contribution >= 0.6 is 11.8 Å². The van der Waals surface area contributed by atoms with E-state index < -0.39 is 0 Å². The Hall–Kier alpha value is -0.930. The van der Waals surface area contributed by atoms with E-state index in [0.717, 1.165) is 13.0 Å². The summed E-state index contributed by atoms with van der Waals surface area (Å²) in [5, 5.41) is 5.03. The molecule has 0 aliphatic carbocycles. The third-order valence-corrected chi connectivity index (χ3v) is 4.75. The minimum absolute atomic E-state index is 0.531. The molecule has 0 spiro atoms. The first kappa shape index (κ1) is 16.4. The third-order valence-electron chi connectivity index (χ3n) is 4.02. The van der Waals surface area contributed by atoms with E-state index in [1.165, 1.54) is 47.0 Å². The van der Waals surface area contributed by atoms with Gasteiger partial charge in [0.25, 0.3) is 0 Å². The highest BCUT2D eigenvalue weighted by molar-refractivity contribution is 7.98. The van der Waals surface area contributed by atoms with Crippen molar-refractivity contribution in [2.75, 3.05) is 12.8 Å². The molecule has 1 aromatic carbocycles. The zero-order valence-electron chi connectivity index (χ0n) is 13.5. The number of aromatic nitrogens is 1. The van der Waals surface area contributed by atoms with Gasteiger partial charge < -0.3 is 10.3 Å². The van der Waals surface area contributed by atoms with Gasteiger partial charge in [0, 0.05) is 28.0 Å². The molecule has 3 heteroatoms. The number of thioether (sulfide) groups is 1. The normalized spacial score (nSPS) is 12.9. The van der Waals surface area contributed by atoms with Crippen LogP contribution in [0.25, 0.3) is 10.9 Å². The van der Waals surface area contributed by atoms with Crippen LogP contribution in [0.1, 0.15) is 45.1 Å². The van der Waals surface area contributed by atoms with E-state index in [0.29, 0.717) is 6.04 Å². The summed E-state index contributed by atoms with van der Waals surface area (Å²) in [7, 11) is 0. The first-order valence-corrected chi connectivity index (χ1v) is 9.34. The maximum atomic E-state index is 3.65. The molecule has 0 radical (unpaired) electrons. The Morgan fingerprint density at radius 2 is 2.10 bits per heavy atom. The second-order valence-electron chi connectivity index (χ2n) is 5.85. The van der Waals surface area contributed by atoms with Crippen LogP contribution in [0.15, 0.2) is 29.3 Å². The molecule has 2 aromatic rings. The molecule has 2 rings (SSSR count). The number of fused-ring (bicyclic) bond motifs is 1. The minimum Gasteiger partial charge on any atom is -0.361 e. The maximum absolute atomic E-state index is 3.65. The average molecular weight is 305 g/mol. The quantitative estimate of drug-likeness (QED) is 0.504. The molecule has 0 aliphatic rings. The van der Waals surface area contributed by atoms with E-state index in [1.54, 1.807) is 11.8 Å². The lowest BCUT2D eigenvalue weighted by Gasteiger charge is -2.13. The molecule has 0 aliphatic heterocycles. The van der Waals surface area contributed by atoms with Crippen LogP contribution in [0.3, 0.4) is 0 Å². The van der Waals surface area contributed by atoms with Crippen molar-refractivity contribution in [3.8, 4) is 0 Å². The number of rotatable bonds is 9. The van der Waals surface area contributed by atoms with E-state index in [4.69, 9.17) is 0 Å². The highest BCUT2D eigenvalue weighted by Gasteiger charge is 2.08. The smallest absolute Gasteiger partial charge is 0.0457 e. The fourth-order valence-electron chi connectivity index (χ4n) is 2.76. The van der Waals surface area contributed by atoms with Crippen molar-refractivity contribution < 1.29 is 0 Å². The predicted octanol–water partition coefficient (Wildman–Crippen LogP) is 4.99. The molecule has 0 saturated carbocycles. The van der Waals surface area contributed by atoms with Crippen LogP contribution < -0.4 is 5.32 Å². The molecule has 2 nitrogen and oxygen atoms in total. The number of H-pyrrole nitrogens is 1. The van der Waals surface area contributed by atoms with Gasteiger partial charge in [-0.1, -0.05) is 26.2 Å². The number of hydrogen-bond acceptors (Lipinski definition) is 2. The molecule has 2 N–H and O–H groups in total. The Morgan fingerprint density at radius 3 is 2.86 bits per heavy atom. The fraction of sp³-hybridized carbons (Fsp3) is 0.556. The summed E-state index contributed by atoms with van der Waals surface area (Å²) in [5.41, 5.74) is 2.67. The molecular weight excluding hydrogens is 276 g/mol. The number of benzene rings is 1. The summed E-state index contributed by atoms with van der Waals surface area (Å²) < 4.78 is 0. The zero-order valence-corrected chi connectivity index (χ0v) is 14.4. The van der Waals surface area contributed by atoms with Crippen LogP contribution in [-0.4, -0.2) is 23.8 Å². The van der Waals surface area contributed by atoms with Gasteiger partial charge >= 0.3 is 0 Å². The van der Waals surface area contributed by atoms with Crippen molar-refractivity contribution in [2.45, 2.75) is 56.9 Å². The van der Waals surface area contributed by atoms with Gasteiger partial charge in [-0.15, -0.1) is 11.8 Å². The van der Waals surface area contributed by atoms with Crippen molar-refractivity contribution >= 4 is 22.7 Å². The van der Waals surface area contributed by atoms with E-state index in [-0.39, 0.29) is 0 Å². The van der Waals surface area contributed by atoms with Gasteiger partial charge in [0.1, 0.15) is 0 Å². The number of hydrogen-bond donors (Lipinski definition) is 2. The Balaban J connectivity index is 1.90. The zero-order chi connectivity index (χ0) is 15.1. The molecule has 1 atom stereocenters. The number of nitrogens with one attached hydrogen (secondary N) is 2. The van der Waals surface area contributed by atoms with Crippen LogP contribution in [0, 0.1) is 0 Å². The molecular formula is C18H28N2S. The summed E-state index contributed by atoms with van der Waals surface area (Å²) >= 11 is 1.81. The van der Waals surface area contributed by atoms with Crippen LogP contribution in [0.4, 0.5) is 0 Å². The Labute approximate surface area is 133 Å². The van der Waals surface area contributed by atoms with E-state index in [9.17, 15) is 0 Å². The summed E-state index contributed by atoms with van der Waals surface area (Å²) in [5.74, 6) is 0. The fourth-order valence-corrected chi connectivity index (χ4v) is 3.20. The molecule has 0 saturated heterocycles. The lowest BCUT2D eigenvalue weighted by atomic mass is 10.1. The summed E-state index contributed by atoms with van der Waals surface area (Å²) in [6.07, 6.45) is 10.7. The molecule has 0 fully saturated rings. The Bertz CT molecular complexity index is 547. The Kier molecular flexibility index (Phi) is 6.65. The van der Waals surface area contributed by atoms with Gasteiger partial charge in [-0.3, -0.25) is 0 Å². The average Bonchev–Trinajstić information content (AvgIpc) is 2.89. The lowest BCUT2D eigenvalue weighted by Crippen LogP contribution is -2.28. The first-order valence-electron chi connectivity index (χ1n) is 8.12. The second kappa shape index (κ2) is 8.50. The summed E-state index contributed by atoms with van der Waals surface area (Å²) in [6.45, 7) is 5.69. The summed E-state index contributed by atoms with van der Waals surface area (Å²) in [4.78, 5) is 4.73. The van der Waals surface area contributed by atoms with Crippen LogP contribution in [0.5, 0.6) is 0 Å². The van der Waals surface area contributed by atoms with Gasteiger partial charge in [-0.2, -0.15) is 0 Å². The second-order valence-corrected chi connectivity index (χ2v) is 6.73. The summed E-state index contributed by atoms with van der Waals surface area (Å²) in [6, 6.07) is 7.21. The molecule has 0 bridgehead atoms. The molecule has 1 heterocycles. The predicted molar refractivity (Wildman–Crippen MR) is 95.4 cm³/mol. The number of aromatic amines is 1.